The Morgan fingerprint density at radius 1 is 0.912 bits per heavy atom. The third kappa shape index (κ3) is 5.27. The van der Waals surface area contributed by atoms with Gasteiger partial charge in [-0.2, -0.15) is 0 Å². The summed E-state index contributed by atoms with van der Waals surface area (Å²) < 4.78 is 11.5. The van der Waals surface area contributed by atoms with Gasteiger partial charge in [-0.1, -0.05) is 41.9 Å². The largest absolute Gasteiger partial charge is 0.490 e. The predicted molar refractivity (Wildman–Crippen MR) is 139 cm³/mol. The summed E-state index contributed by atoms with van der Waals surface area (Å²) in [7, 11) is 0. The van der Waals surface area contributed by atoms with Crippen LogP contribution >= 0.6 is 24.0 Å². The van der Waals surface area contributed by atoms with Crippen LogP contribution in [0.1, 0.15) is 19.4 Å². The second kappa shape index (κ2) is 11.2. The molecule has 0 atom stereocenters. The third-order valence-electron chi connectivity index (χ3n) is 5.26. The Balaban J connectivity index is 0.00000324. The Bertz CT molecular complexity index is 1310. The highest BCUT2D eigenvalue weighted by molar-refractivity contribution is 6.31. The minimum Gasteiger partial charge on any atom is -0.490 e. The molecule has 0 fully saturated rings. The highest BCUT2D eigenvalue weighted by atomic mass is 35.5. The van der Waals surface area contributed by atoms with Crippen LogP contribution in [0.4, 0.5) is 0 Å². The van der Waals surface area contributed by atoms with Crippen LogP contribution in [0.25, 0.3) is 33.3 Å². The molecule has 34 heavy (non-hydrogen) atoms. The number of nitrogens with zero attached hydrogens (tertiary/aromatic N) is 1. The first kappa shape index (κ1) is 25.3. The number of carboxylic acids is 1. The van der Waals surface area contributed by atoms with Crippen molar-refractivity contribution in [2.24, 2.45) is 0 Å². The zero-order valence-electron chi connectivity index (χ0n) is 18.9. The van der Waals surface area contributed by atoms with Crippen molar-refractivity contribution < 1.29 is 19.4 Å². The maximum Gasteiger partial charge on any atom is 0.307 e. The van der Waals surface area contributed by atoms with Gasteiger partial charge < -0.3 is 14.6 Å². The molecule has 0 aliphatic heterocycles. The van der Waals surface area contributed by atoms with E-state index in [0.717, 1.165) is 27.6 Å². The van der Waals surface area contributed by atoms with Gasteiger partial charge in [-0.25, -0.2) is 4.98 Å². The second-order valence-corrected chi connectivity index (χ2v) is 7.88. The average molecular weight is 498 g/mol. The van der Waals surface area contributed by atoms with Crippen LogP contribution in [-0.2, 0) is 11.2 Å². The molecular formula is C27H25Cl2NO4. The first-order valence-electron chi connectivity index (χ1n) is 10.8. The Morgan fingerprint density at radius 2 is 1.62 bits per heavy atom. The fourth-order valence-electron chi connectivity index (χ4n) is 3.97. The van der Waals surface area contributed by atoms with Crippen LogP contribution in [-0.4, -0.2) is 29.3 Å². The molecule has 0 saturated heterocycles. The molecule has 0 bridgehead atoms. The monoisotopic (exact) mass is 497 g/mol. The number of fused-ring (bicyclic) bond motifs is 1. The van der Waals surface area contributed by atoms with Crippen LogP contribution in [0.3, 0.4) is 0 Å². The van der Waals surface area contributed by atoms with Crippen molar-refractivity contribution in [1.82, 2.24) is 4.98 Å². The maximum atomic E-state index is 11.9. The van der Waals surface area contributed by atoms with E-state index < -0.39 is 5.97 Å². The molecule has 0 spiro atoms. The standard InChI is InChI=1S/C27H24ClNO4.ClH/c1-3-32-23-13-10-18(14-24(23)33-4-2)27-21(16-25(30)31)26(17-8-6-5-7-9-17)20-15-19(28)11-12-22(20)29-27;/h5-15H,3-4,16H2,1-2H3,(H,30,31);1H. The third-order valence-corrected chi connectivity index (χ3v) is 5.49. The van der Waals surface area contributed by atoms with Crippen molar-refractivity contribution >= 4 is 40.9 Å². The van der Waals surface area contributed by atoms with E-state index in [2.05, 4.69) is 0 Å². The summed E-state index contributed by atoms with van der Waals surface area (Å²) in [6.45, 7) is 4.81. The first-order valence-corrected chi connectivity index (χ1v) is 11.2. The number of aliphatic carboxylic acids is 1. The van der Waals surface area contributed by atoms with Gasteiger partial charge in [0.2, 0.25) is 0 Å². The molecule has 0 amide bonds. The fraction of sp³-hybridized carbons (Fsp3) is 0.185. The lowest BCUT2D eigenvalue weighted by Crippen LogP contribution is -2.07. The Kier molecular flexibility index (Phi) is 8.37. The number of carboxylic acid groups (broad SMARTS) is 1. The van der Waals surface area contributed by atoms with Gasteiger partial charge in [0.25, 0.3) is 0 Å². The summed E-state index contributed by atoms with van der Waals surface area (Å²) in [5, 5.41) is 11.2. The number of ether oxygens (including phenoxy) is 2. The average Bonchev–Trinajstić information content (AvgIpc) is 2.80. The maximum absolute atomic E-state index is 11.9. The first-order chi connectivity index (χ1) is 16.0. The van der Waals surface area contributed by atoms with E-state index >= 15 is 0 Å². The van der Waals surface area contributed by atoms with Crippen LogP contribution in [0.2, 0.25) is 5.02 Å². The predicted octanol–water partition coefficient (Wildman–Crippen LogP) is 7.07. The summed E-state index contributed by atoms with van der Waals surface area (Å²) in [6.07, 6.45) is -0.188. The van der Waals surface area contributed by atoms with E-state index in [4.69, 9.17) is 26.1 Å². The van der Waals surface area contributed by atoms with Gasteiger partial charge in [-0.05, 0) is 66.9 Å². The molecule has 4 rings (SSSR count). The number of rotatable bonds is 8. The SMILES string of the molecule is CCOc1ccc(-c2nc3ccc(Cl)cc3c(-c3ccccc3)c2CC(=O)O)cc1OCC.Cl. The molecule has 0 saturated carbocycles. The number of pyridine rings is 1. The Morgan fingerprint density at radius 3 is 2.29 bits per heavy atom. The van der Waals surface area contributed by atoms with Gasteiger partial charge in [-0.15, -0.1) is 12.4 Å². The molecule has 4 aromatic rings. The summed E-state index contributed by atoms with van der Waals surface area (Å²) in [5.41, 5.74) is 4.42. The number of hydrogen-bond acceptors (Lipinski definition) is 4. The molecule has 1 aromatic heterocycles. The summed E-state index contributed by atoms with van der Waals surface area (Å²) in [4.78, 5) is 16.8. The lowest BCUT2D eigenvalue weighted by molar-refractivity contribution is -0.136. The van der Waals surface area contributed by atoms with Crippen molar-refractivity contribution in [3.8, 4) is 33.9 Å². The molecule has 176 valence electrons. The summed E-state index contributed by atoms with van der Waals surface area (Å²) in [5.74, 6) is 0.295. The summed E-state index contributed by atoms with van der Waals surface area (Å²) in [6, 6.07) is 20.8. The number of halogens is 2. The lowest BCUT2D eigenvalue weighted by atomic mass is 9.90. The minimum atomic E-state index is -0.937. The number of carbonyl (C=O) groups is 1. The van der Waals surface area contributed by atoms with Gasteiger partial charge in [-0.3, -0.25) is 4.79 Å². The van der Waals surface area contributed by atoms with E-state index in [1.807, 2.05) is 74.5 Å². The van der Waals surface area contributed by atoms with E-state index in [0.29, 0.717) is 41.0 Å². The Hall–Kier alpha value is -3.28. The second-order valence-electron chi connectivity index (χ2n) is 7.44. The van der Waals surface area contributed by atoms with E-state index in [-0.39, 0.29) is 18.8 Å². The van der Waals surface area contributed by atoms with Gasteiger partial charge in [0.1, 0.15) is 0 Å². The summed E-state index contributed by atoms with van der Waals surface area (Å²) >= 11 is 6.32. The van der Waals surface area contributed by atoms with Crippen molar-refractivity contribution in [2.75, 3.05) is 13.2 Å². The zero-order valence-corrected chi connectivity index (χ0v) is 20.4. The van der Waals surface area contributed by atoms with Crippen LogP contribution in [0.5, 0.6) is 11.5 Å². The minimum absolute atomic E-state index is 0. The van der Waals surface area contributed by atoms with Gasteiger partial charge >= 0.3 is 5.97 Å². The lowest BCUT2D eigenvalue weighted by Gasteiger charge is -2.18. The molecule has 0 aliphatic rings. The molecule has 3 aromatic carbocycles. The molecule has 7 heteroatoms. The van der Waals surface area contributed by atoms with Crippen molar-refractivity contribution in [3.63, 3.8) is 0 Å². The molecule has 0 radical (unpaired) electrons. The smallest absolute Gasteiger partial charge is 0.307 e. The Labute approximate surface area is 209 Å². The normalized spacial score (nSPS) is 10.6. The van der Waals surface area contributed by atoms with Crippen LogP contribution < -0.4 is 9.47 Å². The highest BCUT2D eigenvalue weighted by Crippen LogP contribution is 2.40. The van der Waals surface area contributed by atoms with Crippen LogP contribution in [0.15, 0.2) is 66.7 Å². The van der Waals surface area contributed by atoms with Gasteiger partial charge in [0, 0.05) is 16.0 Å². The highest BCUT2D eigenvalue weighted by Gasteiger charge is 2.21. The van der Waals surface area contributed by atoms with Gasteiger partial charge in [0.15, 0.2) is 11.5 Å². The molecule has 1 heterocycles. The molecule has 0 unspecified atom stereocenters. The van der Waals surface area contributed by atoms with Crippen molar-refractivity contribution in [1.29, 1.82) is 0 Å². The molecule has 0 aliphatic carbocycles. The topological polar surface area (TPSA) is 68.7 Å². The fourth-order valence-corrected chi connectivity index (χ4v) is 4.14. The van der Waals surface area contributed by atoms with E-state index in [9.17, 15) is 9.90 Å². The molecule has 5 nitrogen and oxygen atoms in total. The van der Waals surface area contributed by atoms with Crippen LogP contribution in [0, 0.1) is 0 Å². The quantitative estimate of drug-likeness (QED) is 0.282. The van der Waals surface area contributed by atoms with E-state index in [1.165, 1.54) is 0 Å². The molecular weight excluding hydrogens is 473 g/mol. The van der Waals surface area contributed by atoms with Gasteiger partial charge in [0.05, 0.1) is 30.8 Å². The van der Waals surface area contributed by atoms with E-state index in [1.54, 1.807) is 6.07 Å². The van der Waals surface area contributed by atoms with Crippen molar-refractivity contribution in [2.45, 2.75) is 20.3 Å². The number of hydrogen-bond donors (Lipinski definition) is 1. The number of benzene rings is 3. The zero-order chi connectivity index (χ0) is 23.4. The molecule has 1 N–H and O–H groups in total. The van der Waals surface area contributed by atoms with Crippen molar-refractivity contribution in [3.05, 3.63) is 77.3 Å². The number of aromatic nitrogens is 1.